The summed E-state index contributed by atoms with van der Waals surface area (Å²) in [5, 5.41) is 3.52. The van der Waals surface area contributed by atoms with E-state index in [-0.39, 0.29) is 0 Å². The maximum atomic E-state index is 3.52. The molecule has 0 amide bonds. The Morgan fingerprint density at radius 1 is 1.33 bits per heavy atom. The van der Waals surface area contributed by atoms with E-state index in [1.165, 1.54) is 32.2 Å². The summed E-state index contributed by atoms with van der Waals surface area (Å²) in [6.45, 7) is 9.40. The van der Waals surface area contributed by atoms with Gasteiger partial charge in [0.1, 0.15) is 0 Å². The van der Waals surface area contributed by atoms with Gasteiger partial charge in [-0.15, -0.1) is 0 Å². The number of hydrogen-bond acceptors (Lipinski definition) is 2. The quantitative estimate of drug-likeness (QED) is 0.749. The van der Waals surface area contributed by atoms with Crippen molar-refractivity contribution in [3.63, 3.8) is 0 Å². The molecule has 1 aliphatic heterocycles. The fraction of sp³-hybridized carbons (Fsp3) is 1.00. The second-order valence-electron chi connectivity index (χ2n) is 5.57. The summed E-state index contributed by atoms with van der Waals surface area (Å²) in [4.78, 5) is 2.77. The van der Waals surface area contributed by atoms with Gasteiger partial charge in [-0.05, 0) is 52.0 Å². The van der Waals surface area contributed by atoms with Gasteiger partial charge in [-0.1, -0.05) is 6.92 Å². The van der Waals surface area contributed by atoms with Crippen molar-refractivity contribution in [1.82, 2.24) is 10.2 Å². The lowest BCUT2D eigenvalue weighted by atomic mass is 10.0. The fourth-order valence-electron chi connectivity index (χ4n) is 3.58. The zero-order valence-electron chi connectivity index (χ0n) is 10.5. The van der Waals surface area contributed by atoms with E-state index in [9.17, 15) is 0 Å². The molecule has 0 aromatic heterocycles. The number of nitrogens with one attached hydrogen (secondary N) is 1. The number of piperidine rings is 1. The standard InChI is InChI=1S/C13H26N2/c1-4-14-10(2)7-11(3)15-9-12-5-6-13(15)8-12/h10-14H,4-9H2,1-3H3. The van der Waals surface area contributed by atoms with Crippen LogP contribution >= 0.6 is 0 Å². The number of rotatable bonds is 5. The molecule has 2 bridgehead atoms. The van der Waals surface area contributed by atoms with Gasteiger partial charge in [-0.2, -0.15) is 0 Å². The lowest BCUT2D eigenvalue weighted by Crippen LogP contribution is -2.42. The highest BCUT2D eigenvalue weighted by atomic mass is 15.2. The summed E-state index contributed by atoms with van der Waals surface area (Å²) < 4.78 is 0. The zero-order chi connectivity index (χ0) is 10.8. The van der Waals surface area contributed by atoms with Crippen LogP contribution in [0.1, 0.15) is 46.5 Å². The van der Waals surface area contributed by atoms with Crippen LogP contribution in [0, 0.1) is 5.92 Å². The van der Waals surface area contributed by atoms with Gasteiger partial charge in [0.15, 0.2) is 0 Å². The first-order valence-electron chi connectivity index (χ1n) is 6.69. The molecule has 2 rings (SSSR count). The minimum absolute atomic E-state index is 0.670. The van der Waals surface area contributed by atoms with E-state index in [1.54, 1.807) is 0 Å². The first kappa shape index (κ1) is 11.4. The Hall–Kier alpha value is -0.0800. The predicted octanol–water partition coefficient (Wildman–Crippen LogP) is 2.25. The van der Waals surface area contributed by atoms with Gasteiger partial charge < -0.3 is 5.32 Å². The smallest absolute Gasteiger partial charge is 0.0101 e. The van der Waals surface area contributed by atoms with Crippen LogP contribution in [0.5, 0.6) is 0 Å². The third kappa shape index (κ3) is 2.54. The molecule has 2 nitrogen and oxygen atoms in total. The monoisotopic (exact) mass is 210 g/mol. The molecule has 0 radical (unpaired) electrons. The first-order chi connectivity index (χ1) is 7.20. The van der Waals surface area contributed by atoms with Crippen molar-refractivity contribution in [2.75, 3.05) is 13.1 Å². The van der Waals surface area contributed by atoms with Crippen LogP contribution in [0.25, 0.3) is 0 Å². The molecule has 88 valence electrons. The van der Waals surface area contributed by atoms with Gasteiger partial charge in [0.05, 0.1) is 0 Å². The maximum Gasteiger partial charge on any atom is 0.0101 e. The van der Waals surface area contributed by atoms with Crippen molar-refractivity contribution in [1.29, 1.82) is 0 Å². The number of hydrogen-bond donors (Lipinski definition) is 1. The highest BCUT2D eigenvalue weighted by molar-refractivity contribution is 4.94. The van der Waals surface area contributed by atoms with E-state index in [2.05, 4.69) is 31.0 Å². The average molecular weight is 210 g/mol. The molecule has 2 fully saturated rings. The molecule has 1 heterocycles. The topological polar surface area (TPSA) is 15.3 Å². The fourth-order valence-corrected chi connectivity index (χ4v) is 3.58. The largest absolute Gasteiger partial charge is 0.314 e. The second-order valence-corrected chi connectivity index (χ2v) is 5.57. The Labute approximate surface area is 94.4 Å². The Kier molecular flexibility index (Phi) is 3.68. The highest BCUT2D eigenvalue weighted by Crippen LogP contribution is 2.38. The van der Waals surface area contributed by atoms with E-state index >= 15 is 0 Å². The Morgan fingerprint density at radius 2 is 2.13 bits per heavy atom. The van der Waals surface area contributed by atoms with E-state index in [0.29, 0.717) is 6.04 Å². The van der Waals surface area contributed by atoms with E-state index < -0.39 is 0 Å². The molecule has 2 heteroatoms. The molecular weight excluding hydrogens is 184 g/mol. The molecule has 1 saturated heterocycles. The third-order valence-electron chi connectivity index (χ3n) is 4.26. The molecular formula is C13H26N2. The molecule has 0 aromatic carbocycles. The van der Waals surface area contributed by atoms with Gasteiger partial charge >= 0.3 is 0 Å². The summed E-state index contributed by atoms with van der Waals surface area (Å²) in [5.41, 5.74) is 0. The van der Waals surface area contributed by atoms with Crippen LogP contribution in [0.2, 0.25) is 0 Å². The number of likely N-dealkylation sites (tertiary alicyclic amines) is 1. The van der Waals surface area contributed by atoms with E-state index in [1.807, 2.05) is 0 Å². The summed E-state index contributed by atoms with van der Waals surface area (Å²) in [5.74, 6) is 1.03. The van der Waals surface area contributed by atoms with E-state index in [0.717, 1.165) is 24.5 Å². The van der Waals surface area contributed by atoms with Crippen LogP contribution in [0.4, 0.5) is 0 Å². The van der Waals surface area contributed by atoms with Crippen LogP contribution in [-0.4, -0.2) is 36.1 Å². The van der Waals surface area contributed by atoms with E-state index in [4.69, 9.17) is 0 Å². The van der Waals surface area contributed by atoms with Crippen molar-refractivity contribution < 1.29 is 0 Å². The number of fused-ring (bicyclic) bond motifs is 2. The van der Waals surface area contributed by atoms with Gasteiger partial charge in [-0.3, -0.25) is 4.90 Å². The minimum atomic E-state index is 0.670. The Bertz CT molecular complexity index is 205. The van der Waals surface area contributed by atoms with Gasteiger partial charge in [0.2, 0.25) is 0 Å². The summed E-state index contributed by atoms with van der Waals surface area (Å²) in [7, 11) is 0. The lowest BCUT2D eigenvalue weighted by Gasteiger charge is -2.34. The first-order valence-corrected chi connectivity index (χ1v) is 6.69. The second kappa shape index (κ2) is 4.84. The van der Waals surface area contributed by atoms with Gasteiger partial charge in [0, 0.05) is 24.7 Å². The van der Waals surface area contributed by atoms with Crippen LogP contribution in [0.15, 0.2) is 0 Å². The SMILES string of the molecule is CCNC(C)CC(C)N1CC2CCC1C2. The van der Waals surface area contributed by atoms with Crippen LogP contribution in [-0.2, 0) is 0 Å². The van der Waals surface area contributed by atoms with Crippen molar-refractivity contribution in [3.05, 3.63) is 0 Å². The summed E-state index contributed by atoms with van der Waals surface area (Å²) >= 11 is 0. The van der Waals surface area contributed by atoms with Gasteiger partial charge in [-0.25, -0.2) is 0 Å². The summed E-state index contributed by atoms with van der Waals surface area (Å²) in [6.07, 6.45) is 5.75. The molecule has 4 atom stereocenters. The maximum absolute atomic E-state index is 3.52. The van der Waals surface area contributed by atoms with Crippen molar-refractivity contribution in [2.45, 2.75) is 64.6 Å². The minimum Gasteiger partial charge on any atom is -0.314 e. The zero-order valence-corrected chi connectivity index (χ0v) is 10.5. The highest BCUT2D eigenvalue weighted by Gasteiger charge is 2.39. The van der Waals surface area contributed by atoms with Crippen molar-refractivity contribution >= 4 is 0 Å². The molecule has 15 heavy (non-hydrogen) atoms. The molecule has 0 spiro atoms. The molecule has 2 aliphatic rings. The number of nitrogens with zero attached hydrogens (tertiary/aromatic N) is 1. The lowest BCUT2D eigenvalue weighted by molar-refractivity contribution is 0.145. The normalized spacial score (nSPS) is 34.6. The third-order valence-corrected chi connectivity index (χ3v) is 4.26. The molecule has 4 unspecified atom stereocenters. The van der Waals surface area contributed by atoms with Crippen molar-refractivity contribution in [2.24, 2.45) is 5.92 Å². The average Bonchev–Trinajstić information content (AvgIpc) is 2.78. The summed E-state index contributed by atoms with van der Waals surface area (Å²) in [6, 6.07) is 2.37. The molecule has 1 N–H and O–H groups in total. The van der Waals surface area contributed by atoms with Crippen LogP contribution in [0.3, 0.4) is 0 Å². The Balaban J connectivity index is 1.78. The predicted molar refractivity (Wildman–Crippen MR) is 65.1 cm³/mol. The van der Waals surface area contributed by atoms with Crippen LogP contribution < -0.4 is 5.32 Å². The van der Waals surface area contributed by atoms with Gasteiger partial charge in [0.25, 0.3) is 0 Å². The molecule has 0 aromatic rings. The molecule has 1 saturated carbocycles. The molecule has 1 aliphatic carbocycles. The van der Waals surface area contributed by atoms with Crippen molar-refractivity contribution in [3.8, 4) is 0 Å². The Morgan fingerprint density at radius 3 is 2.67 bits per heavy atom.